The van der Waals surface area contributed by atoms with Crippen LogP contribution in [0.25, 0.3) is 10.9 Å². The number of H-pyrrole nitrogens is 1. The molecule has 1 fully saturated rings. The first-order chi connectivity index (χ1) is 15.5. The average molecular weight is 451 g/mol. The van der Waals surface area contributed by atoms with E-state index in [0.29, 0.717) is 60.1 Å². The van der Waals surface area contributed by atoms with Gasteiger partial charge in [-0.2, -0.15) is 0 Å². The minimum absolute atomic E-state index is 0.165. The molecular formula is C24H26N4O3S. The van der Waals surface area contributed by atoms with Crippen molar-refractivity contribution < 1.29 is 9.59 Å². The van der Waals surface area contributed by atoms with Gasteiger partial charge in [-0.15, -0.1) is 0 Å². The number of benzene rings is 2. The zero-order valence-corrected chi connectivity index (χ0v) is 18.6. The summed E-state index contributed by atoms with van der Waals surface area (Å²) >= 11 is 5.41. The lowest BCUT2D eigenvalue weighted by Gasteiger charge is -2.15. The van der Waals surface area contributed by atoms with Crippen molar-refractivity contribution >= 4 is 34.9 Å². The van der Waals surface area contributed by atoms with Crippen LogP contribution in [0.1, 0.15) is 35.2 Å². The number of carbonyl (C=O) groups excluding carboxylic acids is 2. The van der Waals surface area contributed by atoms with Crippen LogP contribution in [-0.4, -0.2) is 45.9 Å². The summed E-state index contributed by atoms with van der Waals surface area (Å²) in [6, 6.07) is 14.9. The van der Waals surface area contributed by atoms with E-state index in [1.807, 2.05) is 35.2 Å². The van der Waals surface area contributed by atoms with E-state index in [2.05, 4.69) is 10.3 Å². The van der Waals surface area contributed by atoms with Crippen LogP contribution >= 0.6 is 12.2 Å². The molecule has 0 radical (unpaired) electrons. The van der Waals surface area contributed by atoms with Crippen molar-refractivity contribution in [1.82, 2.24) is 19.8 Å². The van der Waals surface area contributed by atoms with Crippen LogP contribution in [0.15, 0.2) is 53.3 Å². The Balaban J connectivity index is 1.42. The molecule has 166 valence electrons. The van der Waals surface area contributed by atoms with E-state index in [9.17, 15) is 14.4 Å². The van der Waals surface area contributed by atoms with Crippen LogP contribution in [-0.2, 0) is 17.8 Å². The van der Waals surface area contributed by atoms with Gasteiger partial charge in [0.2, 0.25) is 5.91 Å². The third-order valence-electron chi connectivity index (χ3n) is 5.77. The smallest absolute Gasteiger partial charge is 0.262 e. The van der Waals surface area contributed by atoms with Gasteiger partial charge in [0.25, 0.3) is 11.5 Å². The highest BCUT2D eigenvalue weighted by Gasteiger charge is 2.19. The summed E-state index contributed by atoms with van der Waals surface area (Å²) in [5.74, 6) is -0.0252. The maximum absolute atomic E-state index is 13.0. The molecule has 0 atom stereocenters. The lowest BCUT2D eigenvalue weighted by atomic mass is 10.1. The lowest BCUT2D eigenvalue weighted by Crippen LogP contribution is -2.30. The minimum Gasteiger partial charge on any atom is -0.352 e. The Morgan fingerprint density at radius 1 is 1.09 bits per heavy atom. The number of nitrogens with one attached hydrogen (secondary N) is 2. The van der Waals surface area contributed by atoms with E-state index in [1.165, 1.54) is 0 Å². The first-order valence-corrected chi connectivity index (χ1v) is 11.3. The molecule has 2 heterocycles. The van der Waals surface area contributed by atoms with Gasteiger partial charge in [-0.25, -0.2) is 0 Å². The van der Waals surface area contributed by atoms with Gasteiger partial charge in [0.15, 0.2) is 4.77 Å². The summed E-state index contributed by atoms with van der Waals surface area (Å²) in [5.41, 5.74) is 1.98. The highest BCUT2D eigenvalue weighted by atomic mass is 32.1. The lowest BCUT2D eigenvalue weighted by molar-refractivity contribution is -0.127. The molecule has 2 N–H and O–H groups in total. The van der Waals surface area contributed by atoms with Crippen molar-refractivity contribution in [2.75, 3.05) is 19.6 Å². The fraction of sp³-hybridized carbons (Fsp3) is 0.333. The number of aromatic nitrogens is 2. The second kappa shape index (κ2) is 9.91. The first kappa shape index (κ1) is 22.0. The number of hydrogen-bond donors (Lipinski definition) is 2. The molecular weight excluding hydrogens is 424 g/mol. The Labute approximate surface area is 191 Å². The largest absolute Gasteiger partial charge is 0.352 e. The maximum atomic E-state index is 13.0. The van der Waals surface area contributed by atoms with Gasteiger partial charge in [-0.3, -0.25) is 19.0 Å². The van der Waals surface area contributed by atoms with E-state index in [-0.39, 0.29) is 17.4 Å². The normalized spacial score (nSPS) is 13.6. The molecule has 0 unspecified atom stereocenters. The number of likely N-dealkylation sites (tertiary alicyclic amines) is 1. The Bertz CT molecular complexity index is 1250. The fourth-order valence-corrected chi connectivity index (χ4v) is 4.28. The van der Waals surface area contributed by atoms with Crippen LogP contribution in [0.2, 0.25) is 0 Å². The predicted molar refractivity (Wildman–Crippen MR) is 126 cm³/mol. The summed E-state index contributed by atoms with van der Waals surface area (Å²) in [5, 5.41) is 3.38. The predicted octanol–water partition coefficient (Wildman–Crippen LogP) is 3.04. The standard InChI is InChI=1S/C24H26N4O3S/c29-21-8-4-13-27(21)14-5-12-25-22(30)18-9-10-19-20(16-18)26-24(32)28(23(19)31)15-11-17-6-2-1-3-7-17/h1-3,6-7,9-10,16H,4-5,8,11-15H2,(H,25,30)(H,26,32). The van der Waals surface area contributed by atoms with Crippen LogP contribution in [0, 0.1) is 4.77 Å². The molecule has 2 aromatic carbocycles. The zero-order chi connectivity index (χ0) is 22.5. The van der Waals surface area contributed by atoms with Crippen molar-refractivity contribution in [3.05, 3.63) is 74.8 Å². The maximum Gasteiger partial charge on any atom is 0.262 e. The molecule has 4 rings (SSSR count). The van der Waals surface area contributed by atoms with Crippen molar-refractivity contribution in [3.63, 3.8) is 0 Å². The summed E-state index contributed by atoms with van der Waals surface area (Å²) in [6.07, 6.45) is 2.95. The number of rotatable bonds is 8. The van der Waals surface area contributed by atoms with E-state index >= 15 is 0 Å². The first-order valence-electron chi connectivity index (χ1n) is 10.9. The van der Waals surface area contributed by atoms with Crippen LogP contribution in [0.5, 0.6) is 0 Å². The van der Waals surface area contributed by atoms with E-state index < -0.39 is 0 Å². The van der Waals surface area contributed by atoms with Crippen molar-refractivity contribution in [3.8, 4) is 0 Å². The van der Waals surface area contributed by atoms with E-state index in [4.69, 9.17) is 12.2 Å². The summed E-state index contributed by atoms with van der Waals surface area (Å²) < 4.78 is 1.90. The number of amides is 2. The number of aryl methyl sites for hydroxylation is 1. The molecule has 0 spiro atoms. The Morgan fingerprint density at radius 2 is 1.91 bits per heavy atom. The molecule has 0 bridgehead atoms. The second-order valence-corrected chi connectivity index (χ2v) is 8.36. The molecule has 2 amide bonds. The number of carbonyl (C=O) groups is 2. The van der Waals surface area contributed by atoms with Crippen LogP contribution in [0.3, 0.4) is 0 Å². The topological polar surface area (TPSA) is 87.2 Å². The molecule has 8 heteroatoms. The Hall–Kier alpha value is -3.26. The summed E-state index contributed by atoms with van der Waals surface area (Å²) in [4.78, 5) is 42.1. The molecule has 1 aliphatic rings. The molecule has 0 saturated carbocycles. The Kier molecular flexibility index (Phi) is 6.80. The third-order valence-corrected chi connectivity index (χ3v) is 6.10. The fourth-order valence-electron chi connectivity index (χ4n) is 4.00. The number of aromatic amines is 1. The summed E-state index contributed by atoms with van der Waals surface area (Å²) in [6.45, 7) is 2.43. The molecule has 3 aromatic rings. The SMILES string of the molecule is O=C(NCCCN1CCCC1=O)c1ccc2c(=O)n(CCc3ccccc3)c(=S)[nH]c2c1. The van der Waals surface area contributed by atoms with Crippen LogP contribution in [0.4, 0.5) is 0 Å². The third kappa shape index (κ3) is 4.96. The number of fused-ring (bicyclic) bond motifs is 1. The van der Waals surface area contributed by atoms with Crippen molar-refractivity contribution in [2.24, 2.45) is 0 Å². The summed E-state index contributed by atoms with van der Waals surface area (Å²) in [7, 11) is 0. The number of hydrogen-bond acceptors (Lipinski definition) is 4. The van der Waals surface area contributed by atoms with E-state index in [1.54, 1.807) is 22.8 Å². The van der Waals surface area contributed by atoms with Crippen LogP contribution < -0.4 is 10.9 Å². The average Bonchev–Trinajstić information content (AvgIpc) is 3.21. The monoisotopic (exact) mass is 450 g/mol. The second-order valence-electron chi connectivity index (χ2n) is 7.98. The molecule has 1 saturated heterocycles. The molecule has 1 aromatic heterocycles. The van der Waals surface area contributed by atoms with Gasteiger partial charge >= 0.3 is 0 Å². The van der Waals surface area contributed by atoms with Crippen molar-refractivity contribution in [2.45, 2.75) is 32.2 Å². The van der Waals surface area contributed by atoms with E-state index in [0.717, 1.165) is 18.5 Å². The number of nitrogens with zero attached hydrogens (tertiary/aromatic N) is 2. The van der Waals surface area contributed by atoms with Crippen molar-refractivity contribution in [1.29, 1.82) is 0 Å². The minimum atomic E-state index is -0.216. The molecule has 32 heavy (non-hydrogen) atoms. The molecule has 0 aliphatic carbocycles. The Morgan fingerprint density at radius 3 is 2.66 bits per heavy atom. The van der Waals surface area contributed by atoms with Gasteiger partial charge in [-0.05, 0) is 55.2 Å². The quantitative estimate of drug-likeness (QED) is 0.408. The van der Waals surface area contributed by atoms with Gasteiger partial charge in [0, 0.05) is 38.2 Å². The highest BCUT2D eigenvalue weighted by molar-refractivity contribution is 7.71. The zero-order valence-electron chi connectivity index (χ0n) is 17.8. The van der Waals surface area contributed by atoms with Gasteiger partial charge in [0.05, 0.1) is 10.9 Å². The van der Waals surface area contributed by atoms with Gasteiger partial charge < -0.3 is 15.2 Å². The van der Waals surface area contributed by atoms with Gasteiger partial charge in [0.1, 0.15) is 0 Å². The van der Waals surface area contributed by atoms with Gasteiger partial charge in [-0.1, -0.05) is 30.3 Å². The highest BCUT2D eigenvalue weighted by Crippen LogP contribution is 2.12. The molecule has 1 aliphatic heterocycles. The molecule has 7 nitrogen and oxygen atoms in total.